The lowest BCUT2D eigenvalue weighted by Crippen LogP contribution is -2.33. The second-order valence-electron chi connectivity index (χ2n) is 7.57. The third kappa shape index (κ3) is 3.85. The molecule has 0 aliphatic heterocycles. The molecule has 4 nitrogen and oxygen atoms in total. The summed E-state index contributed by atoms with van der Waals surface area (Å²) >= 11 is 0. The highest BCUT2D eigenvalue weighted by atomic mass is 15.2. The van der Waals surface area contributed by atoms with E-state index in [4.69, 9.17) is 4.98 Å². The van der Waals surface area contributed by atoms with Crippen molar-refractivity contribution >= 4 is 27.6 Å². The van der Waals surface area contributed by atoms with E-state index < -0.39 is 0 Å². The molecular formula is C25H30N4. The number of hydrogen-bond donors (Lipinski definition) is 0. The molecule has 2 heterocycles. The molecule has 29 heavy (non-hydrogen) atoms. The zero-order valence-corrected chi connectivity index (χ0v) is 17.7. The molecule has 150 valence electrons. The van der Waals surface area contributed by atoms with E-state index in [0.717, 1.165) is 38.5 Å². The molecule has 0 saturated heterocycles. The van der Waals surface area contributed by atoms with Gasteiger partial charge in [0.05, 0.1) is 5.52 Å². The fourth-order valence-electron chi connectivity index (χ4n) is 4.13. The summed E-state index contributed by atoms with van der Waals surface area (Å²) in [5.74, 6) is 1.06. The van der Waals surface area contributed by atoms with Gasteiger partial charge in [0.2, 0.25) is 0 Å². The summed E-state index contributed by atoms with van der Waals surface area (Å²) in [5, 5.41) is 2.57. The number of nitrogens with zero attached hydrogens (tertiary/aromatic N) is 4. The van der Waals surface area contributed by atoms with Crippen LogP contribution in [0.25, 0.3) is 21.8 Å². The number of pyridine rings is 1. The second-order valence-corrected chi connectivity index (χ2v) is 7.57. The molecule has 4 rings (SSSR count). The molecular weight excluding hydrogens is 356 g/mol. The number of rotatable bonds is 8. The fourth-order valence-corrected chi connectivity index (χ4v) is 4.13. The smallest absolute Gasteiger partial charge is 0.152 e. The molecule has 0 fully saturated rings. The van der Waals surface area contributed by atoms with Crippen LogP contribution >= 0.6 is 0 Å². The molecule has 0 aliphatic rings. The molecule has 0 saturated carbocycles. The van der Waals surface area contributed by atoms with Crippen LogP contribution in [0.4, 0.5) is 5.82 Å². The molecule has 0 atom stereocenters. The standard InChI is InChI=1S/C25H30N4/c1-4-28(5-2)18-17-27(3)25-24-22(15-16-26-25)21-13-9-10-14-23(21)29(24)19-20-11-7-6-8-12-20/h6-16H,4-5,17-19H2,1-3H3. The van der Waals surface area contributed by atoms with Gasteiger partial charge in [0.25, 0.3) is 0 Å². The highest BCUT2D eigenvalue weighted by Gasteiger charge is 2.17. The minimum Gasteiger partial charge on any atom is -0.357 e. The third-order valence-corrected chi connectivity index (χ3v) is 5.85. The lowest BCUT2D eigenvalue weighted by atomic mass is 10.2. The van der Waals surface area contributed by atoms with Gasteiger partial charge >= 0.3 is 0 Å². The Morgan fingerprint density at radius 2 is 1.55 bits per heavy atom. The summed E-state index contributed by atoms with van der Waals surface area (Å²) in [6.07, 6.45) is 1.95. The van der Waals surface area contributed by atoms with Crippen LogP contribution in [0.3, 0.4) is 0 Å². The predicted octanol–water partition coefficient (Wildman–Crippen LogP) is 5.02. The van der Waals surface area contributed by atoms with Crippen LogP contribution in [0, 0.1) is 0 Å². The first-order valence-corrected chi connectivity index (χ1v) is 10.6. The first-order valence-electron chi connectivity index (χ1n) is 10.6. The zero-order valence-electron chi connectivity index (χ0n) is 17.7. The summed E-state index contributed by atoms with van der Waals surface area (Å²) in [6, 6.07) is 21.5. The van der Waals surface area contributed by atoms with E-state index in [-0.39, 0.29) is 0 Å². The topological polar surface area (TPSA) is 24.3 Å². The Morgan fingerprint density at radius 1 is 0.828 bits per heavy atom. The van der Waals surface area contributed by atoms with Crippen LogP contribution in [-0.4, -0.2) is 47.7 Å². The number of fused-ring (bicyclic) bond motifs is 3. The van der Waals surface area contributed by atoms with Crippen molar-refractivity contribution < 1.29 is 0 Å². The maximum Gasteiger partial charge on any atom is 0.152 e. The van der Waals surface area contributed by atoms with Crippen LogP contribution in [0.15, 0.2) is 66.9 Å². The lowest BCUT2D eigenvalue weighted by Gasteiger charge is -2.25. The zero-order chi connectivity index (χ0) is 20.2. The first-order chi connectivity index (χ1) is 14.2. The van der Waals surface area contributed by atoms with Crippen molar-refractivity contribution in [2.75, 3.05) is 38.1 Å². The number of likely N-dealkylation sites (N-methyl/N-ethyl adjacent to an activating group) is 2. The SMILES string of the molecule is CCN(CC)CCN(C)c1nccc2c3ccccc3n(Cc3ccccc3)c12. The van der Waals surface area contributed by atoms with Crippen LogP contribution in [0.2, 0.25) is 0 Å². The monoisotopic (exact) mass is 386 g/mol. The Kier molecular flexibility index (Phi) is 5.81. The van der Waals surface area contributed by atoms with E-state index in [1.165, 1.54) is 27.4 Å². The Bertz CT molecular complexity index is 1080. The summed E-state index contributed by atoms with van der Waals surface area (Å²) in [6.45, 7) is 9.45. The van der Waals surface area contributed by atoms with Crippen molar-refractivity contribution in [1.29, 1.82) is 0 Å². The van der Waals surface area contributed by atoms with Crippen molar-refractivity contribution in [3.8, 4) is 0 Å². The summed E-state index contributed by atoms with van der Waals surface area (Å²) in [4.78, 5) is 9.58. The number of para-hydroxylation sites is 1. The van der Waals surface area contributed by atoms with Crippen LogP contribution in [0.5, 0.6) is 0 Å². The Hall–Kier alpha value is -2.85. The van der Waals surface area contributed by atoms with Gasteiger partial charge in [-0.25, -0.2) is 4.98 Å². The molecule has 0 bridgehead atoms. The van der Waals surface area contributed by atoms with Crippen molar-refractivity contribution in [2.24, 2.45) is 0 Å². The summed E-state index contributed by atoms with van der Waals surface area (Å²) in [5.41, 5.74) is 3.79. The minimum atomic E-state index is 0.841. The quantitative estimate of drug-likeness (QED) is 0.425. The van der Waals surface area contributed by atoms with Gasteiger partial charge in [0, 0.05) is 49.2 Å². The van der Waals surface area contributed by atoms with Crippen molar-refractivity contribution in [1.82, 2.24) is 14.5 Å². The number of anilines is 1. The molecule has 0 aliphatic carbocycles. The molecule has 0 spiro atoms. The van der Waals surface area contributed by atoms with E-state index in [2.05, 4.69) is 95.9 Å². The van der Waals surface area contributed by atoms with E-state index in [9.17, 15) is 0 Å². The van der Waals surface area contributed by atoms with Gasteiger partial charge in [-0.15, -0.1) is 0 Å². The maximum absolute atomic E-state index is 4.82. The third-order valence-electron chi connectivity index (χ3n) is 5.85. The highest BCUT2D eigenvalue weighted by molar-refractivity contribution is 6.11. The highest BCUT2D eigenvalue weighted by Crippen LogP contribution is 2.34. The van der Waals surface area contributed by atoms with Crippen LogP contribution in [0.1, 0.15) is 19.4 Å². The van der Waals surface area contributed by atoms with E-state index >= 15 is 0 Å². The van der Waals surface area contributed by atoms with E-state index in [0.29, 0.717) is 0 Å². The molecule has 0 N–H and O–H groups in total. The molecule has 2 aromatic carbocycles. The Balaban J connectivity index is 1.81. The summed E-state index contributed by atoms with van der Waals surface area (Å²) in [7, 11) is 2.16. The van der Waals surface area contributed by atoms with Gasteiger partial charge in [0.1, 0.15) is 0 Å². The lowest BCUT2D eigenvalue weighted by molar-refractivity contribution is 0.311. The molecule has 2 aromatic heterocycles. The molecule has 0 unspecified atom stereocenters. The van der Waals surface area contributed by atoms with Crippen molar-refractivity contribution in [3.05, 3.63) is 72.4 Å². The number of hydrogen-bond acceptors (Lipinski definition) is 3. The molecule has 4 heteroatoms. The van der Waals surface area contributed by atoms with Gasteiger partial charge < -0.3 is 14.4 Å². The number of aromatic nitrogens is 2. The molecule has 4 aromatic rings. The normalized spacial score (nSPS) is 11.6. The van der Waals surface area contributed by atoms with Crippen molar-refractivity contribution in [2.45, 2.75) is 20.4 Å². The van der Waals surface area contributed by atoms with E-state index in [1.54, 1.807) is 0 Å². The molecule has 0 radical (unpaired) electrons. The van der Waals surface area contributed by atoms with Crippen molar-refractivity contribution in [3.63, 3.8) is 0 Å². The average molecular weight is 387 g/mol. The van der Waals surface area contributed by atoms with Crippen LogP contribution in [-0.2, 0) is 6.54 Å². The first kappa shape index (κ1) is 19.5. The van der Waals surface area contributed by atoms with Gasteiger partial charge in [-0.2, -0.15) is 0 Å². The Morgan fingerprint density at radius 3 is 2.31 bits per heavy atom. The minimum absolute atomic E-state index is 0.841. The second kappa shape index (κ2) is 8.66. The van der Waals surface area contributed by atoms with Crippen LogP contribution < -0.4 is 4.90 Å². The fraction of sp³-hybridized carbons (Fsp3) is 0.320. The predicted molar refractivity (Wildman–Crippen MR) is 124 cm³/mol. The average Bonchev–Trinajstić information content (AvgIpc) is 3.09. The van der Waals surface area contributed by atoms with Gasteiger partial charge in [-0.05, 0) is 30.8 Å². The number of benzene rings is 2. The van der Waals surface area contributed by atoms with E-state index in [1.807, 2.05) is 6.20 Å². The van der Waals surface area contributed by atoms with Gasteiger partial charge in [-0.3, -0.25) is 0 Å². The Labute approximate surface area is 173 Å². The maximum atomic E-state index is 4.82. The summed E-state index contributed by atoms with van der Waals surface area (Å²) < 4.78 is 2.43. The largest absolute Gasteiger partial charge is 0.357 e. The van der Waals surface area contributed by atoms with Gasteiger partial charge in [0.15, 0.2) is 5.82 Å². The molecule has 0 amide bonds. The van der Waals surface area contributed by atoms with Gasteiger partial charge in [-0.1, -0.05) is 62.4 Å².